The first-order valence-corrected chi connectivity index (χ1v) is 9.33. The summed E-state index contributed by atoms with van der Waals surface area (Å²) >= 11 is 0. The molecule has 1 aliphatic carbocycles. The van der Waals surface area contributed by atoms with Crippen LogP contribution in [-0.2, 0) is 4.79 Å². The molecule has 0 spiro atoms. The van der Waals surface area contributed by atoms with Crippen LogP contribution in [0.4, 0.5) is 0 Å². The van der Waals surface area contributed by atoms with Gasteiger partial charge in [-0.2, -0.15) is 0 Å². The second-order valence-corrected chi connectivity index (χ2v) is 6.72. The van der Waals surface area contributed by atoms with E-state index in [9.17, 15) is 9.59 Å². The molecule has 1 aromatic rings. The van der Waals surface area contributed by atoms with Gasteiger partial charge in [0.25, 0.3) is 5.91 Å². The summed E-state index contributed by atoms with van der Waals surface area (Å²) in [5.74, 6) is 1.01. The first-order valence-electron chi connectivity index (χ1n) is 9.33. The third kappa shape index (κ3) is 5.64. The Labute approximate surface area is 155 Å². The normalized spacial score (nSPS) is 15.0. The van der Waals surface area contributed by atoms with E-state index in [0.29, 0.717) is 36.2 Å². The van der Waals surface area contributed by atoms with Gasteiger partial charge >= 0.3 is 0 Å². The summed E-state index contributed by atoms with van der Waals surface area (Å²) in [6.45, 7) is 2.57. The van der Waals surface area contributed by atoms with Gasteiger partial charge in [-0.25, -0.2) is 0 Å². The van der Waals surface area contributed by atoms with Gasteiger partial charge in [0.05, 0.1) is 14.2 Å². The highest BCUT2D eigenvalue weighted by Gasteiger charge is 2.22. The number of ether oxygens (including phenoxy) is 2. The summed E-state index contributed by atoms with van der Waals surface area (Å²) < 4.78 is 10.4. The number of carbonyl (C=O) groups is 2. The molecular weight excluding hydrogens is 332 g/mol. The predicted molar refractivity (Wildman–Crippen MR) is 101 cm³/mol. The van der Waals surface area contributed by atoms with Gasteiger partial charge in [-0.05, 0) is 25.0 Å². The third-order valence-electron chi connectivity index (χ3n) is 4.92. The van der Waals surface area contributed by atoms with Crippen molar-refractivity contribution < 1.29 is 19.1 Å². The maximum Gasteiger partial charge on any atom is 0.251 e. The van der Waals surface area contributed by atoms with Crippen molar-refractivity contribution in [2.75, 3.05) is 27.3 Å². The summed E-state index contributed by atoms with van der Waals surface area (Å²) in [5.41, 5.74) is 0.477. The van der Waals surface area contributed by atoms with Gasteiger partial charge in [0.1, 0.15) is 11.5 Å². The van der Waals surface area contributed by atoms with Gasteiger partial charge in [0.2, 0.25) is 5.91 Å². The molecule has 1 N–H and O–H groups in total. The molecule has 2 rings (SSSR count). The number of hydrogen-bond acceptors (Lipinski definition) is 4. The number of methoxy groups -OCH3 is 2. The summed E-state index contributed by atoms with van der Waals surface area (Å²) in [7, 11) is 3.10. The lowest BCUT2D eigenvalue weighted by Gasteiger charge is -2.30. The number of amides is 2. The predicted octanol–water partition coefficient (Wildman–Crippen LogP) is 3.00. The van der Waals surface area contributed by atoms with E-state index < -0.39 is 0 Å². The Morgan fingerprint density at radius 3 is 2.12 bits per heavy atom. The van der Waals surface area contributed by atoms with E-state index in [1.54, 1.807) is 39.3 Å². The average Bonchev–Trinajstić information content (AvgIpc) is 2.93. The summed E-state index contributed by atoms with van der Waals surface area (Å²) in [4.78, 5) is 26.4. The topological polar surface area (TPSA) is 67.9 Å². The van der Waals surface area contributed by atoms with Crippen LogP contribution in [0.15, 0.2) is 18.2 Å². The second kappa shape index (κ2) is 10.0. The van der Waals surface area contributed by atoms with E-state index in [1.807, 2.05) is 4.90 Å². The SMILES string of the molecule is COc1cc(OC)cc(C(=O)NCCN(C(C)=O)C2CCCCCC2)c1. The van der Waals surface area contributed by atoms with Crippen LogP contribution in [0.2, 0.25) is 0 Å². The maximum atomic E-state index is 12.4. The summed E-state index contributed by atoms with van der Waals surface area (Å²) in [5, 5.41) is 2.90. The number of nitrogens with one attached hydrogen (secondary N) is 1. The molecule has 1 aliphatic rings. The minimum absolute atomic E-state index is 0.0780. The molecule has 6 nitrogen and oxygen atoms in total. The molecular formula is C20H30N2O4. The first kappa shape index (κ1) is 20.1. The molecule has 0 aliphatic heterocycles. The Bertz CT molecular complexity index is 588. The van der Waals surface area contributed by atoms with E-state index in [0.717, 1.165) is 12.8 Å². The summed E-state index contributed by atoms with van der Waals surface area (Å²) in [6, 6.07) is 5.36. The molecule has 0 saturated heterocycles. The van der Waals surface area contributed by atoms with Crippen molar-refractivity contribution in [3.63, 3.8) is 0 Å². The largest absolute Gasteiger partial charge is 0.497 e. The summed E-state index contributed by atoms with van der Waals surface area (Å²) in [6.07, 6.45) is 6.95. The van der Waals surface area contributed by atoms with Crippen LogP contribution in [0.1, 0.15) is 55.8 Å². The van der Waals surface area contributed by atoms with E-state index in [-0.39, 0.29) is 11.8 Å². The molecule has 0 atom stereocenters. The minimum Gasteiger partial charge on any atom is -0.497 e. The van der Waals surface area contributed by atoms with Crippen LogP contribution in [0.25, 0.3) is 0 Å². The molecule has 0 heterocycles. The fraction of sp³-hybridized carbons (Fsp3) is 0.600. The monoisotopic (exact) mass is 362 g/mol. The van der Waals surface area contributed by atoms with E-state index in [2.05, 4.69) is 5.32 Å². The van der Waals surface area contributed by atoms with E-state index in [4.69, 9.17) is 9.47 Å². The minimum atomic E-state index is -0.202. The molecule has 0 aromatic heterocycles. The van der Waals surface area contributed by atoms with Crippen LogP contribution in [-0.4, -0.2) is 50.1 Å². The van der Waals surface area contributed by atoms with E-state index in [1.165, 1.54) is 25.7 Å². The van der Waals surface area contributed by atoms with Gasteiger partial charge in [-0.15, -0.1) is 0 Å². The number of rotatable bonds is 7. The zero-order valence-corrected chi connectivity index (χ0v) is 16.0. The van der Waals surface area contributed by atoms with Crippen molar-refractivity contribution in [2.24, 2.45) is 0 Å². The fourth-order valence-corrected chi connectivity index (χ4v) is 3.50. The highest BCUT2D eigenvalue weighted by molar-refractivity contribution is 5.95. The molecule has 6 heteroatoms. The third-order valence-corrected chi connectivity index (χ3v) is 4.92. The Hall–Kier alpha value is -2.24. The molecule has 0 bridgehead atoms. The van der Waals surface area contributed by atoms with Crippen LogP contribution in [0.3, 0.4) is 0 Å². The number of nitrogens with zero attached hydrogens (tertiary/aromatic N) is 1. The lowest BCUT2D eigenvalue weighted by Crippen LogP contribution is -2.43. The Morgan fingerprint density at radius 1 is 1.04 bits per heavy atom. The van der Waals surface area contributed by atoms with Crippen LogP contribution in [0.5, 0.6) is 11.5 Å². The lowest BCUT2D eigenvalue weighted by atomic mass is 10.1. The standard InChI is InChI=1S/C20H30N2O4/c1-15(23)22(17-8-6-4-5-7-9-17)11-10-21-20(24)16-12-18(25-2)14-19(13-16)26-3/h12-14,17H,4-11H2,1-3H3,(H,21,24). The average molecular weight is 362 g/mol. The highest BCUT2D eigenvalue weighted by atomic mass is 16.5. The van der Waals surface area contributed by atoms with Crippen LogP contribution < -0.4 is 14.8 Å². The number of carbonyl (C=O) groups excluding carboxylic acids is 2. The Morgan fingerprint density at radius 2 is 1.62 bits per heavy atom. The Balaban J connectivity index is 1.94. The number of benzene rings is 1. The molecule has 2 amide bonds. The van der Waals surface area contributed by atoms with Crippen molar-refractivity contribution in [1.29, 1.82) is 0 Å². The van der Waals surface area contributed by atoms with Gasteiger partial charge < -0.3 is 19.7 Å². The molecule has 0 radical (unpaired) electrons. The molecule has 144 valence electrons. The van der Waals surface area contributed by atoms with Crippen molar-refractivity contribution in [3.8, 4) is 11.5 Å². The number of hydrogen-bond donors (Lipinski definition) is 1. The van der Waals surface area contributed by atoms with Crippen LogP contribution >= 0.6 is 0 Å². The van der Waals surface area contributed by atoms with Crippen molar-refractivity contribution >= 4 is 11.8 Å². The van der Waals surface area contributed by atoms with Crippen molar-refractivity contribution in [2.45, 2.75) is 51.5 Å². The molecule has 1 saturated carbocycles. The molecule has 1 aromatic carbocycles. The van der Waals surface area contributed by atoms with Crippen molar-refractivity contribution in [3.05, 3.63) is 23.8 Å². The van der Waals surface area contributed by atoms with Gasteiger partial charge in [0, 0.05) is 37.7 Å². The quantitative estimate of drug-likeness (QED) is 0.757. The van der Waals surface area contributed by atoms with Crippen LogP contribution in [0, 0.1) is 0 Å². The highest BCUT2D eigenvalue weighted by Crippen LogP contribution is 2.23. The second-order valence-electron chi connectivity index (χ2n) is 6.72. The lowest BCUT2D eigenvalue weighted by molar-refractivity contribution is -0.131. The Kier molecular flexibility index (Phi) is 7.75. The zero-order valence-electron chi connectivity index (χ0n) is 16.0. The molecule has 0 unspecified atom stereocenters. The van der Waals surface area contributed by atoms with E-state index >= 15 is 0 Å². The molecule has 1 fully saturated rings. The first-order chi connectivity index (χ1) is 12.5. The van der Waals surface area contributed by atoms with Gasteiger partial charge in [0.15, 0.2) is 0 Å². The zero-order chi connectivity index (χ0) is 18.9. The molecule has 26 heavy (non-hydrogen) atoms. The fourth-order valence-electron chi connectivity index (χ4n) is 3.50. The van der Waals surface area contributed by atoms with Gasteiger partial charge in [-0.3, -0.25) is 9.59 Å². The van der Waals surface area contributed by atoms with Gasteiger partial charge in [-0.1, -0.05) is 25.7 Å². The van der Waals surface area contributed by atoms with Crippen molar-refractivity contribution in [1.82, 2.24) is 10.2 Å². The smallest absolute Gasteiger partial charge is 0.251 e. The maximum absolute atomic E-state index is 12.4.